The number of morpholine rings is 1. The van der Waals surface area contributed by atoms with Crippen LogP contribution in [-0.4, -0.2) is 65.5 Å². The van der Waals surface area contributed by atoms with Crippen LogP contribution >= 0.6 is 11.8 Å². The lowest BCUT2D eigenvalue weighted by atomic mass is 9.94. The quantitative estimate of drug-likeness (QED) is 0.504. The Morgan fingerprint density at radius 1 is 1.06 bits per heavy atom. The van der Waals surface area contributed by atoms with Crippen molar-refractivity contribution >= 4 is 23.6 Å². The summed E-state index contributed by atoms with van der Waals surface area (Å²) in [4.78, 5) is 26.5. The normalized spacial score (nSPS) is 26.6. The second-order valence-corrected chi connectivity index (χ2v) is 9.73. The highest BCUT2D eigenvalue weighted by atomic mass is 32.2. The molecular weight excluding hydrogens is 454 g/mol. The molecule has 2 heterocycles. The number of esters is 1. The van der Waals surface area contributed by atoms with Gasteiger partial charge in [-0.25, -0.2) is 0 Å². The van der Waals surface area contributed by atoms with Crippen LogP contribution in [0.3, 0.4) is 0 Å². The number of rotatable bonds is 9. The Kier molecular flexibility index (Phi) is 8.61. The lowest BCUT2D eigenvalue weighted by Gasteiger charge is -2.51. The average molecular weight is 486 g/mol. The van der Waals surface area contributed by atoms with E-state index in [1.807, 2.05) is 67.6 Å². The van der Waals surface area contributed by atoms with Gasteiger partial charge in [-0.3, -0.25) is 9.59 Å². The fraction of sp³-hybridized carbons (Fsp3) is 0.462. The van der Waals surface area contributed by atoms with E-state index >= 15 is 0 Å². The minimum Gasteiger partial charge on any atom is -0.456 e. The second-order valence-electron chi connectivity index (χ2n) is 8.35. The van der Waals surface area contributed by atoms with Crippen LogP contribution in [-0.2, 0) is 41.8 Å². The topological polar surface area (TPSA) is 74.3 Å². The third-order valence-electron chi connectivity index (χ3n) is 5.96. The monoisotopic (exact) mass is 485 g/mol. The van der Waals surface area contributed by atoms with Crippen molar-refractivity contribution in [2.75, 3.05) is 18.9 Å². The Morgan fingerprint density at radius 3 is 2.32 bits per heavy atom. The van der Waals surface area contributed by atoms with Crippen LogP contribution in [0.2, 0.25) is 0 Å². The van der Waals surface area contributed by atoms with E-state index in [1.54, 1.807) is 16.7 Å². The van der Waals surface area contributed by atoms with Crippen molar-refractivity contribution in [2.45, 2.75) is 56.9 Å². The molecule has 0 bridgehead atoms. The van der Waals surface area contributed by atoms with Gasteiger partial charge in [-0.15, -0.1) is 11.8 Å². The van der Waals surface area contributed by atoms with Gasteiger partial charge in [0.2, 0.25) is 5.91 Å². The van der Waals surface area contributed by atoms with Gasteiger partial charge in [0.15, 0.2) is 6.10 Å². The van der Waals surface area contributed by atoms with E-state index in [0.29, 0.717) is 13.2 Å². The Balaban J connectivity index is 1.56. The first kappa shape index (κ1) is 24.7. The first-order valence-corrected chi connectivity index (χ1v) is 12.6. The molecule has 2 aliphatic rings. The van der Waals surface area contributed by atoms with Gasteiger partial charge in [0.25, 0.3) is 0 Å². The van der Waals surface area contributed by atoms with Crippen molar-refractivity contribution in [3.63, 3.8) is 0 Å². The third kappa shape index (κ3) is 5.99. The van der Waals surface area contributed by atoms with E-state index in [2.05, 4.69) is 0 Å². The first-order chi connectivity index (χ1) is 16.6. The summed E-state index contributed by atoms with van der Waals surface area (Å²) >= 11 is 1.59. The van der Waals surface area contributed by atoms with E-state index < -0.39 is 30.3 Å². The fourth-order valence-corrected chi connectivity index (χ4v) is 5.43. The summed E-state index contributed by atoms with van der Waals surface area (Å²) in [6.07, 6.45) is -1.68. The summed E-state index contributed by atoms with van der Waals surface area (Å²) in [7, 11) is 0. The molecule has 1 amide bonds. The zero-order valence-electron chi connectivity index (χ0n) is 19.5. The summed E-state index contributed by atoms with van der Waals surface area (Å²) in [5, 5.41) is 0. The second kappa shape index (κ2) is 11.8. The summed E-state index contributed by atoms with van der Waals surface area (Å²) in [6, 6.07) is 19.3. The van der Waals surface area contributed by atoms with Crippen LogP contribution < -0.4 is 0 Å². The maximum absolute atomic E-state index is 12.5. The minimum absolute atomic E-state index is 0.0821. The lowest BCUT2D eigenvalue weighted by molar-refractivity contribution is -0.239. The van der Waals surface area contributed by atoms with Crippen molar-refractivity contribution < 1.29 is 28.5 Å². The Bertz CT molecular complexity index is 943. The molecule has 4 rings (SSSR count). The zero-order valence-corrected chi connectivity index (χ0v) is 20.3. The summed E-state index contributed by atoms with van der Waals surface area (Å²) in [5.41, 5.74) is 1.71. The number of benzene rings is 2. The maximum atomic E-state index is 12.5. The van der Waals surface area contributed by atoms with Gasteiger partial charge in [-0.2, -0.15) is 0 Å². The van der Waals surface area contributed by atoms with E-state index in [-0.39, 0.29) is 24.5 Å². The van der Waals surface area contributed by atoms with Crippen molar-refractivity contribution in [3.8, 4) is 0 Å². The number of amides is 1. The lowest BCUT2D eigenvalue weighted by Crippen LogP contribution is -2.69. The Hall–Kier alpha value is -2.39. The van der Waals surface area contributed by atoms with Crippen molar-refractivity contribution in [2.24, 2.45) is 0 Å². The van der Waals surface area contributed by atoms with Gasteiger partial charge in [-0.05, 0) is 16.9 Å². The summed E-state index contributed by atoms with van der Waals surface area (Å²) < 4.78 is 24.7. The van der Waals surface area contributed by atoms with Crippen molar-refractivity contribution in [1.82, 2.24) is 4.90 Å². The highest BCUT2D eigenvalue weighted by Gasteiger charge is 2.54. The fourth-order valence-electron chi connectivity index (χ4n) is 4.38. The van der Waals surface area contributed by atoms with Crippen molar-refractivity contribution in [1.29, 1.82) is 0 Å². The highest BCUT2D eigenvalue weighted by Crippen LogP contribution is 2.37. The minimum atomic E-state index is -0.642. The van der Waals surface area contributed by atoms with Crippen LogP contribution in [0.1, 0.15) is 25.0 Å². The highest BCUT2D eigenvalue weighted by molar-refractivity contribution is 7.99. The molecule has 0 aromatic heterocycles. The number of hydrogen-bond acceptors (Lipinski definition) is 7. The Morgan fingerprint density at radius 2 is 1.71 bits per heavy atom. The standard InChI is InChI=1S/C26H31NO6S/c1-3-34-26-23-25(33-22(29)14-27(23)18(2)28)24(31-16-20-12-8-5-9-13-20)21(32-26)17-30-15-19-10-6-4-7-11-19/h4-13,21,23-26H,3,14-17H2,1-2H3/t21-,23-,24-,25-,26+/m1/s1. The number of carbonyl (C=O) groups is 2. The SMILES string of the molecule is CCS[C@@H]1O[C@H](COCc2ccccc2)[C@@H](OCc2ccccc2)[C@@H]2OC(=O)CN(C(C)=O)[C@H]21. The molecule has 0 aliphatic carbocycles. The van der Waals surface area contributed by atoms with Crippen LogP contribution in [0.15, 0.2) is 60.7 Å². The molecule has 182 valence electrons. The molecule has 8 heteroatoms. The molecule has 34 heavy (non-hydrogen) atoms. The maximum Gasteiger partial charge on any atom is 0.326 e. The van der Waals surface area contributed by atoms with Crippen molar-refractivity contribution in [3.05, 3.63) is 71.8 Å². The number of nitrogens with zero attached hydrogens (tertiary/aromatic N) is 1. The van der Waals surface area contributed by atoms with E-state index in [9.17, 15) is 9.59 Å². The predicted molar refractivity (Wildman–Crippen MR) is 129 cm³/mol. The average Bonchev–Trinajstić information content (AvgIpc) is 2.84. The molecular formula is C26H31NO6S. The molecule has 0 N–H and O–H groups in total. The van der Waals surface area contributed by atoms with Gasteiger partial charge in [-0.1, -0.05) is 67.6 Å². The van der Waals surface area contributed by atoms with Gasteiger partial charge < -0.3 is 23.8 Å². The molecule has 2 aliphatic heterocycles. The van der Waals surface area contributed by atoms with E-state index in [1.165, 1.54) is 6.92 Å². The molecule has 5 atom stereocenters. The summed E-state index contributed by atoms with van der Waals surface area (Å²) in [5.74, 6) is 0.175. The molecule has 2 aromatic rings. The van der Waals surface area contributed by atoms with Crippen LogP contribution in [0, 0.1) is 0 Å². The number of thioether (sulfide) groups is 1. The molecule has 2 fully saturated rings. The molecule has 0 spiro atoms. The first-order valence-electron chi connectivity index (χ1n) is 11.6. The molecule has 2 aromatic carbocycles. The Labute approximate surface area is 204 Å². The van der Waals surface area contributed by atoms with Crippen LogP contribution in [0.25, 0.3) is 0 Å². The van der Waals surface area contributed by atoms with E-state index in [0.717, 1.165) is 16.9 Å². The smallest absolute Gasteiger partial charge is 0.326 e. The molecule has 7 nitrogen and oxygen atoms in total. The molecule has 2 saturated heterocycles. The van der Waals surface area contributed by atoms with Gasteiger partial charge in [0, 0.05) is 6.92 Å². The number of carbonyl (C=O) groups excluding carboxylic acids is 2. The van der Waals surface area contributed by atoms with Gasteiger partial charge in [0.1, 0.15) is 30.2 Å². The number of fused-ring (bicyclic) bond motifs is 1. The predicted octanol–water partition coefficient (Wildman–Crippen LogP) is 3.41. The number of ether oxygens (including phenoxy) is 4. The third-order valence-corrected chi connectivity index (χ3v) is 7.01. The van der Waals surface area contributed by atoms with Crippen LogP contribution in [0.4, 0.5) is 0 Å². The van der Waals surface area contributed by atoms with Crippen LogP contribution in [0.5, 0.6) is 0 Å². The molecule has 0 saturated carbocycles. The van der Waals surface area contributed by atoms with Gasteiger partial charge >= 0.3 is 5.97 Å². The van der Waals surface area contributed by atoms with E-state index in [4.69, 9.17) is 18.9 Å². The summed E-state index contributed by atoms with van der Waals surface area (Å²) in [6.45, 7) is 4.46. The molecule has 0 radical (unpaired) electrons. The number of hydrogen-bond donors (Lipinski definition) is 0. The largest absolute Gasteiger partial charge is 0.456 e. The molecule has 0 unspecified atom stereocenters. The van der Waals surface area contributed by atoms with Gasteiger partial charge in [0.05, 0.1) is 19.8 Å². The zero-order chi connectivity index (χ0) is 23.9.